The van der Waals surface area contributed by atoms with Crippen molar-refractivity contribution in [2.45, 2.75) is 52.4 Å². The lowest BCUT2D eigenvalue weighted by molar-refractivity contribution is -0.137. The Morgan fingerprint density at radius 3 is 2.42 bits per heavy atom. The number of hydrogen-bond acceptors (Lipinski definition) is 4. The molecule has 0 radical (unpaired) electrons. The van der Waals surface area contributed by atoms with Gasteiger partial charge in [0.2, 0.25) is 0 Å². The molecule has 4 rings (SSSR count). The van der Waals surface area contributed by atoms with E-state index in [0.29, 0.717) is 44.3 Å². The first-order valence-electron chi connectivity index (χ1n) is 12.9. The van der Waals surface area contributed by atoms with Crippen LogP contribution in [-0.4, -0.2) is 58.8 Å². The molecule has 0 unspecified atom stereocenters. The number of benzene rings is 2. The predicted octanol–water partition coefficient (Wildman–Crippen LogP) is 5.07. The second kappa shape index (κ2) is 11.6. The van der Waals surface area contributed by atoms with Gasteiger partial charge in [0.15, 0.2) is 0 Å². The number of ether oxygens (including phenoxy) is 1. The molecule has 1 aliphatic rings. The van der Waals surface area contributed by atoms with Crippen molar-refractivity contribution in [2.24, 2.45) is 5.92 Å². The molecule has 3 aromatic rings. The number of carbonyl (C=O) groups is 2. The zero-order chi connectivity index (χ0) is 27.4. The zero-order valence-corrected chi connectivity index (χ0v) is 21.8. The van der Waals surface area contributed by atoms with Gasteiger partial charge in [-0.25, -0.2) is 0 Å². The number of aryl methyl sites for hydroxylation is 1. The molecule has 0 atom stereocenters. The van der Waals surface area contributed by atoms with Crippen LogP contribution in [0.2, 0.25) is 0 Å². The van der Waals surface area contributed by atoms with Gasteiger partial charge in [-0.2, -0.15) is 18.3 Å². The zero-order valence-electron chi connectivity index (χ0n) is 21.8. The summed E-state index contributed by atoms with van der Waals surface area (Å²) in [6, 6.07) is 8.01. The van der Waals surface area contributed by atoms with Gasteiger partial charge >= 0.3 is 6.18 Å². The average molecular weight is 531 g/mol. The number of alkyl halides is 3. The maximum Gasteiger partial charge on any atom is 0.416 e. The highest BCUT2D eigenvalue weighted by molar-refractivity contribution is 6.00. The van der Waals surface area contributed by atoms with E-state index < -0.39 is 11.7 Å². The van der Waals surface area contributed by atoms with Crippen molar-refractivity contribution in [3.63, 3.8) is 0 Å². The van der Waals surface area contributed by atoms with Crippen LogP contribution in [0.3, 0.4) is 0 Å². The highest BCUT2D eigenvalue weighted by Gasteiger charge is 2.31. The molecule has 2 heterocycles. The summed E-state index contributed by atoms with van der Waals surface area (Å²) in [6.45, 7) is 8.47. The molecule has 0 spiro atoms. The van der Waals surface area contributed by atoms with Crippen LogP contribution in [0.15, 0.2) is 42.6 Å². The Hall–Kier alpha value is -3.40. The van der Waals surface area contributed by atoms with Crippen LogP contribution in [0.4, 0.5) is 13.2 Å². The number of fused-ring (bicyclic) bond motifs is 1. The van der Waals surface area contributed by atoms with Gasteiger partial charge in [0.05, 0.1) is 23.8 Å². The smallest absolute Gasteiger partial charge is 0.377 e. The van der Waals surface area contributed by atoms with E-state index in [1.807, 2.05) is 37.7 Å². The second-order valence-corrected chi connectivity index (χ2v) is 10.0. The number of likely N-dealkylation sites (tertiary alicyclic amines) is 1. The maximum atomic E-state index is 12.8. The summed E-state index contributed by atoms with van der Waals surface area (Å²) in [6.07, 6.45) is -0.806. The summed E-state index contributed by atoms with van der Waals surface area (Å²) in [5, 5.41) is 8.50. The SMILES string of the molecule is Cc1c(C(=O)NCCOC(C)C)ccc2nn(CC3CCN(C(=O)c4ccc(C(F)(F)F)cc4)CC3)cc12. The van der Waals surface area contributed by atoms with E-state index >= 15 is 0 Å². The van der Waals surface area contributed by atoms with Crippen LogP contribution in [-0.2, 0) is 17.5 Å². The molecule has 204 valence electrons. The third kappa shape index (κ3) is 6.53. The molecule has 10 heteroatoms. The summed E-state index contributed by atoms with van der Waals surface area (Å²) >= 11 is 0. The van der Waals surface area contributed by atoms with Gasteiger partial charge in [0.25, 0.3) is 11.8 Å². The monoisotopic (exact) mass is 530 g/mol. The minimum atomic E-state index is -4.42. The van der Waals surface area contributed by atoms with Crippen LogP contribution in [0.25, 0.3) is 10.9 Å². The van der Waals surface area contributed by atoms with Crippen LogP contribution in [0.5, 0.6) is 0 Å². The fraction of sp³-hybridized carbons (Fsp3) is 0.464. The number of piperidine rings is 1. The van der Waals surface area contributed by atoms with Crippen LogP contribution >= 0.6 is 0 Å². The summed E-state index contributed by atoms with van der Waals surface area (Å²) in [4.78, 5) is 27.1. The lowest BCUT2D eigenvalue weighted by Crippen LogP contribution is -2.39. The number of carbonyl (C=O) groups excluding carboxylic acids is 2. The third-order valence-corrected chi connectivity index (χ3v) is 6.90. The molecule has 2 aromatic carbocycles. The molecule has 1 aliphatic heterocycles. The lowest BCUT2D eigenvalue weighted by Gasteiger charge is -2.32. The fourth-order valence-corrected chi connectivity index (χ4v) is 4.74. The Balaban J connectivity index is 1.33. The Labute approximate surface area is 219 Å². The predicted molar refractivity (Wildman–Crippen MR) is 138 cm³/mol. The Kier molecular flexibility index (Phi) is 8.40. The summed E-state index contributed by atoms with van der Waals surface area (Å²) < 4.78 is 45.8. The molecule has 1 N–H and O–H groups in total. The Bertz CT molecular complexity index is 1280. The number of aromatic nitrogens is 2. The van der Waals surface area contributed by atoms with Gasteiger partial charge in [-0.1, -0.05) is 0 Å². The molecular weight excluding hydrogens is 497 g/mol. The first-order chi connectivity index (χ1) is 18.0. The standard InChI is InChI=1S/C28H33F3N4O3/c1-18(2)38-15-12-32-26(36)23-8-9-25-24(19(23)3)17-35(33-25)16-20-10-13-34(14-11-20)27(37)21-4-6-22(7-5-21)28(29,30)31/h4-9,17-18,20H,10-16H2,1-3H3,(H,32,36). The highest BCUT2D eigenvalue weighted by atomic mass is 19.4. The maximum absolute atomic E-state index is 12.8. The molecule has 0 saturated carbocycles. The van der Waals surface area contributed by atoms with Crippen LogP contribution in [0.1, 0.15) is 58.5 Å². The van der Waals surface area contributed by atoms with Gasteiger partial charge in [-0.05, 0) is 81.5 Å². The van der Waals surface area contributed by atoms with Crippen molar-refractivity contribution >= 4 is 22.7 Å². The number of amides is 2. The molecule has 1 fully saturated rings. The second-order valence-electron chi connectivity index (χ2n) is 10.0. The van der Waals surface area contributed by atoms with Gasteiger partial charge in [0, 0.05) is 48.9 Å². The molecule has 0 bridgehead atoms. The molecule has 1 aromatic heterocycles. The number of nitrogens with one attached hydrogen (secondary N) is 1. The van der Waals surface area contributed by atoms with E-state index in [1.54, 1.807) is 11.0 Å². The summed E-state index contributed by atoms with van der Waals surface area (Å²) in [5.74, 6) is -0.0845. The summed E-state index contributed by atoms with van der Waals surface area (Å²) in [5.41, 5.74) is 1.79. The Morgan fingerprint density at radius 2 is 1.79 bits per heavy atom. The van der Waals surface area contributed by atoms with Crippen molar-refractivity contribution in [2.75, 3.05) is 26.2 Å². The molecular formula is C28H33F3N4O3. The highest BCUT2D eigenvalue weighted by Crippen LogP contribution is 2.30. The topological polar surface area (TPSA) is 76.5 Å². The number of halogens is 3. The number of rotatable bonds is 8. The molecule has 1 saturated heterocycles. The van der Waals surface area contributed by atoms with E-state index in [1.165, 1.54) is 12.1 Å². The molecule has 0 aliphatic carbocycles. The minimum absolute atomic E-state index is 0.114. The largest absolute Gasteiger partial charge is 0.416 e. The first kappa shape index (κ1) is 27.6. The van der Waals surface area contributed by atoms with Gasteiger partial charge < -0.3 is 15.0 Å². The lowest BCUT2D eigenvalue weighted by atomic mass is 9.96. The van der Waals surface area contributed by atoms with Gasteiger partial charge in [0.1, 0.15) is 0 Å². The molecule has 38 heavy (non-hydrogen) atoms. The van der Waals surface area contributed by atoms with Crippen molar-refractivity contribution in [3.05, 3.63) is 64.8 Å². The van der Waals surface area contributed by atoms with E-state index in [-0.39, 0.29) is 23.5 Å². The van der Waals surface area contributed by atoms with Gasteiger partial charge in [-0.15, -0.1) is 0 Å². The Morgan fingerprint density at radius 1 is 1.11 bits per heavy atom. The van der Waals surface area contributed by atoms with Crippen molar-refractivity contribution in [3.8, 4) is 0 Å². The quantitative estimate of drug-likeness (QED) is 0.413. The van der Waals surface area contributed by atoms with E-state index in [0.717, 1.165) is 41.4 Å². The molecule has 2 amide bonds. The van der Waals surface area contributed by atoms with Crippen molar-refractivity contribution in [1.82, 2.24) is 20.0 Å². The van der Waals surface area contributed by atoms with Crippen molar-refractivity contribution < 1.29 is 27.5 Å². The van der Waals surface area contributed by atoms with E-state index in [2.05, 4.69) is 10.4 Å². The number of hydrogen-bond donors (Lipinski definition) is 1. The average Bonchev–Trinajstić information content (AvgIpc) is 3.29. The first-order valence-corrected chi connectivity index (χ1v) is 12.9. The van der Waals surface area contributed by atoms with Crippen LogP contribution in [0, 0.1) is 12.8 Å². The summed E-state index contributed by atoms with van der Waals surface area (Å²) in [7, 11) is 0. The minimum Gasteiger partial charge on any atom is -0.377 e. The third-order valence-electron chi connectivity index (χ3n) is 6.90. The van der Waals surface area contributed by atoms with E-state index in [4.69, 9.17) is 4.74 Å². The van der Waals surface area contributed by atoms with E-state index in [9.17, 15) is 22.8 Å². The van der Waals surface area contributed by atoms with Gasteiger partial charge in [-0.3, -0.25) is 14.3 Å². The normalized spacial score (nSPS) is 14.9. The number of nitrogens with zero attached hydrogens (tertiary/aromatic N) is 3. The van der Waals surface area contributed by atoms with Crippen LogP contribution < -0.4 is 5.32 Å². The van der Waals surface area contributed by atoms with Crippen molar-refractivity contribution in [1.29, 1.82) is 0 Å². The molecule has 7 nitrogen and oxygen atoms in total. The fourth-order valence-electron chi connectivity index (χ4n) is 4.74.